The summed E-state index contributed by atoms with van der Waals surface area (Å²) in [6, 6.07) is 15.8. The van der Waals surface area contributed by atoms with Crippen LogP contribution in [0, 0.1) is 6.92 Å². The van der Waals surface area contributed by atoms with Crippen molar-refractivity contribution in [2.24, 2.45) is 0 Å². The third-order valence-corrected chi connectivity index (χ3v) is 5.22. The summed E-state index contributed by atoms with van der Waals surface area (Å²) in [5, 5.41) is 6.93. The normalized spacial score (nSPS) is 14.9. The lowest BCUT2D eigenvalue weighted by atomic mass is 10.1. The van der Waals surface area contributed by atoms with Crippen LogP contribution in [-0.2, 0) is 11.3 Å². The molecule has 1 N–H and O–H groups in total. The number of carbonyl (C=O) groups excluding carboxylic acids is 2. The Bertz CT molecular complexity index is 988. The van der Waals surface area contributed by atoms with Gasteiger partial charge in [0.2, 0.25) is 5.91 Å². The third kappa shape index (κ3) is 4.63. The minimum Gasteiger partial charge on any atom is -0.342 e. The zero-order valence-electron chi connectivity index (χ0n) is 16.5. The van der Waals surface area contributed by atoms with Crippen LogP contribution >= 0.6 is 0 Å². The van der Waals surface area contributed by atoms with Gasteiger partial charge in [0.15, 0.2) is 5.69 Å². The summed E-state index contributed by atoms with van der Waals surface area (Å²) in [5.74, 6) is -0.391. The molecule has 0 bridgehead atoms. The molecule has 1 aromatic carbocycles. The minimum atomic E-state index is -0.333. The van der Waals surface area contributed by atoms with Crippen LogP contribution in [0.5, 0.6) is 0 Å². The summed E-state index contributed by atoms with van der Waals surface area (Å²) >= 11 is 0. The van der Waals surface area contributed by atoms with Crippen LogP contribution in [0.4, 0.5) is 0 Å². The lowest BCUT2D eigenvalue weighted by Gasteiger charge is -2.34. The molecule has 0 radical (unpaired) electrons. The molecule has 1 aliphatic rings. The average molecular weight is 391 g/mol. The van der Waals surface area contributed by atoms with Gasteiger partial charge in [0.1, 0.15) is 0 Å². The van der Waals surface area contributed by atoms with E-state index in [2.05, 4.69) is 46.5 Å². The fourth-order valence-corrected chi connectivity index (χ4v) is 3.63. The lowest BCUT2D eigenvalue weighted by molar-refractivity contribution is -0.131. The van der Waals surface area contributed by atoms with Crippen molar-refractivity contribution in [3.8, 4) is 0 Å². The molecular weight excluding hydrogens is 366 g/mol. The highest BCUT2D eigenvalue weighted by Gasteiger charge is 2.22. The molecular formula is C22H25N5O2. The predicted octanol–water partition coefficient (Wildman–Crippen LogP) is 1.72. The van der Waals surface area contributed by atoms with E-state index in [1.807, 2.05) is 23.1 Å². The number of carbonyl (C=O) groups is 2. The molecule has 1 aliphatic heterocycles. The third-order valence-electron chi connectivity index (χ3n) is 5.22. The number of aryl methyl sites for hydroxylation is 1. The Balaban J connectivity index is 1.25. The first-order valence-electron chi connectivity index (χ1n) is 9.87. The summed E-state index contributed by atoms with van der Waals surface area (Å²) in [6.07, 6.45) is 1.79. The molecule has 29 heavy (non-hydrogen) atoms. The van der Waals surface area contributed by atoms with E-state index in [4.69, 9.17) is 0 Å². The molecule has 150 valence electrons. The van der Waals surface area contributed by atoms with E-state index < -0.39 is 0 Å². The number of benzene rings is 1. The average Bonchev–Trinajstić information content (AvgIpc) is 3.17. The Morgan fingerprint density at radius 2 is 1.86 bits per heavy atom. The number of nitrogens with zero attached hydrogens (tertiary/aromatic N) is 4. The number of aromatic nitrogens is 2. The molecule has 2 amide bonds. The summed E-state index contributed by atoms with van der Waals surface area (Å²) in [4.78, 5) is 29.0. The first-order chi connectivity index (χ1) is 14.1. The van der Waals surface area contributed by atoms with Gasteiger partial charge in [-0.3, -0.25) is 14.5 Å². The number of piperazine rings is 1. The first kappa shape index (κ1) is 19.1. The quantitative estimate of drug-likeness (QED) is 0.719. The number of amides is 2. The highest BCUT2D eigenvalue weighted by molar-refractivity contribution is 5.95. The molecule has 0 spiro atoms. The molecule has 0 unspecified atom stereocenters. The van der Waals surface area contributed by atoms with Crippen LogP contribution in [0.2, 0.25) is 0 Å². The van der Waals surface area contributed by atoms with Crippen molar-refractivity contribution in [1.29, 1.82) is 0 Å². The standard InChI is InChI=1S/C22H25N5O2/c1-17-5-4-6-18(13-17)16-25-9-11-26(12-10-25)21(28)15-23-22(29)20-14-19-7-2-3-8-27(19)24-20/h2-8,13-14H,9-12,15-16H2,1H3,(H,23,29). The van der Waals surface area contributed by atoms with Crippen molar-refractivity contribution < 1.29 is 9.59 Å². The summed E-state index contributed by atoms with van der Waals surface area (Å²) in [7, 11) is 0. The maximum absolute atomic E-state index is 12.5. The predicted molar refractivity (Wildman–Crippen MR) is 111 cm³/mol. The molecule has 1 saturated heterocycles. The van der Waals surface area contributed by atoms with Crippen LogP contribution in [0.1, 0.15) is 21.6 Å². The maximum atomic E-state index is 12.5. The van der Waals surface area contributed by atoms with E-state index in [0.717, 1.165) is 25.2 Å². The van der Waals surface area contributed by atoms with Crippen molar-refractivity contribution in [2.45, 2.75) is 13.5 Å². The molecule has 3 aromatic rings. The Kier molecular flexibility index (Phi) is 5.57. The van der Waals surface area contributed by atoms with Gasteiger partial charge in [0, 0.05) is 38.9 Å². The minimum absolute atomic E-state index is 0.00934. The van der Waals surface area contributed by atoms with E-state index in [9.17, 15) is 9.59 Å². The highest BCUT2D eigenvalue weighted by atomic mass is 16.2. The summed E-state index contributed by atoms with van der Waals surface area (Å²) < 4.78 is 1.64. The van der Waals surface area contributed by atoms with Crippen molar-refractivity contribution in [3.63, 3.8) is 0 Å². The number of pyridine rings is 1. The molecule has 0 aliphatic carbocycles. The number of rotatable bonds is 5. The molecule has 4 rings (SSSR count). The second-order valence-corrected chi connectivity index (χ2v) is 7.43. The Morgan fingerprint density at radius 1 is 1.03 bits per heavy atom. The van der Waals surface area contributed by atoms with E-state index in [1.165, 1.54) is 11.1 Å². The van der Waals surface area contributed by atoms with Gasteiger partial charge in [-0.25, -0.2) is 4.52 Å². The van der Waals surface area contributed by atoms with Crippen molar-refractivity contribution in [1.82, 2.24) is 24.7 Å². The molecule has 7 nitrogen and oxygen atoms in total. The largest absolute Gasteiger partial charge is 0.342 e. The Hall–Kier alpha value is -3.19. The van der Waals surface area contributed by atoms with Gasteiger partial charge in [-0.15, -0.1) is 0 Å². The van der Waals surface area contributed by atoms with Crippen molar-refractivity contribution in [2.75, 3.05) is 32.7 Å². The van der Waals surface area contributed by atoms with Gasteiger partial charge in [-0.1, -0.05) is 35.9 Å². The molecule has 3 heterocycles. The zero-order valence-corrected chi connectivity index (χ0v) is 16.5. The molecule has 0 saturated carbocycles. The molecule has 1 fully saturated rings. The monoisotopic (exact) mass is 391 g/mol. The smallest absolute Gasteiger partial charge is 0.272 e. The second kappa shape index (κ2) is 8.45. The second-order valence-electron chi connectivity index (χ2n) is 7.43. The molecule has 0 atom stereocenters. The van der Waals surface area contributed by atoms with E-state index in [-0.39, 0.29) is 18.4 Å². The van der Waals surface area contributed by atoms with Gasteiger partial charge < -0.3 is 10.2 Å². The van der Waals surface area contributed by atoms with Crippen LogP contribution in [0.15, 0.2) is 54.7 Å². The van der Waals surface area contributed by atoms with Crippen molar-refractivity contribution in [3.05, 3.63) is 71.5 Å². The van der Waals surface area contributed by atoms with E-state index in [1.54, 1.807) is 16.8 Å². The Labute approximate surface area is 169 Å². The van der Waals surface area contributed by atoms with Crippen LogP contribution in [0.3, 0.4) is 0 Å². The van der Waals surface area contributed by atoms with Crippen molar-refractivity contribution >= 4 is 17.3 Å². The SMILES string of the molecule is Cc1cccc(CN2CCN(C(=O)CNC(=O)c3cc4ccccn4n3)CC2)c1. The number of fused-ring (bicyclic) bond motifs is 1. The van der Waals surface area contributed by atoms with Gasteiger partial charge in [0.05, 0.1) is 12.1 Å². The highest BCUT2D eigenvalue weighted by Crippen LogP contribution is 2.11. The van der Waals surface area contributed by atoms with Crippen LogP contribution in [0.25, 0.3) is 5.52 Å². The molecule has 7 heteroatoms. The number of nitrogens with one attached hydrogen (secondary N) is 1. The summed E-state index contributed by atoms with van der Waals surface area (Å²) in [5.41, 5.74) is 3.71. The van der Waals surface area contributed by atoms with Crippen LogP contribution in [-0.4, -0.2) is 64.0 Å². The van der Waals surface area contributed by atoms with Gasteiger partial charge in [0.25, 0.3) is 5.91 Å². The van der Waals surface area contributed by atoms with Gasteiger partial charge in [-0.05, 0) is 30.7 Å². The first-order valence-corrected chi connectivity index (χ1v) is 9.87. The fourth-order valence-electron chi connectivity index (χ4n) is 3.63. The van der Waals surface area contributed by atoms with Gasteiger partial charge in [-0.2, -0.15) is 5.10 Å². The lowest BCUT2D eigenvalue weighted by Crippen LogP contribution is -2.50. The van der Waals surface area contributed by atoms with Gasteiger partial charge >= 0.3 is 0 Å². The van der Waals surface area contributed by atoms with E-state index >= 15 is 0 Å². The zero-order chi connectivity index (χ0) is 20.2. The molecule has 2 aromatic heterocycles. The maximum Gasteiger partial charge on any atom is 0.272 e. The summed E-state index contributed by atoms with van der Waals surface area (Å²) in [6.45, 7) is 6.00. The number of hydrogen-bond donors (Lipinski definition) is 1. The Morgan fingerprint density at radius 3 is 2.62 bits per heavy atom. The van der Waals surface area contributed by atoms with Crippen LogP contribution < -0.4 is 5.32 Å². The van der Waals surface area contributed by atoms with E-state index in [0.29, 0.717) is 18.8 Å². The fraction of sp³-hybridized carbons (Fsp3) is 0.318. The number of hydrogen-bond acceptors (Lipinski definition) is 4. The topological polar surface area (TPSA) is 70.0 Å².